The molecule has 0 amide bonds. The highest BCUT2D eigenvalue weighted by Crippen LogP contribution is 2.26. The van der Waals surface area contributed by atoms with Gasteiger partial charge in [0.2, 0.25) is 0 Å². The normalized spacial score (nSPS) is 10.6. The van der Waals surface area contributed by atoms with Crippen molar-refractivity contribution >= 4 is 33.5 Å². The van der Waals surface area contributed by atoms with Gasteiger partial charge >= 0.3 is 0 Å². The number of nitrogens with zero attached hydrogens (tertiary/aromatic N) is 1. The molecular formula is C7H5N2S2. The van der Waals surface area contributed by atoms with Gasteiger partial charge in [0, 0.05) is 11.9 Å². The summed E-state index contributed by atoms with van der Waals surface area (Å²) in [5.74, 6) is 0. The molecule has 0 aliphatic heterocycles. The van der Waals surface area contributed by atoms with Crippen LogP contribution in [0.3, 0.4) is 0 Å². The first kappa shape index (κ1) is 7.09. The Bertz CT molecular complexity index is 336. The number of hydrogen-bond acceptors (Lipinski definition) is 3. The molecule has 1 aromatic heterocycles. The van der Waals surface area contributed by atoms with Gasteiger partial charge in [-0.15, -0.1) is 11.3 Å². The standard InChI is InChI=1S/C7H5N2S2/c8-11-7-9-5-3-1-2-4-6(5)10-7/h1-4,8H. The van der Waals surface area contributed by atoms with E-state index in [1.807, 2.05) is 24.3 Å². The topological polar surface area (TPSA) is 36.7 Å². The molecule has 0 atom stereocenters. The molecule has 2 aromatic rings. The molecule has 11 heavy (non-hydrogen) atoms. The smallest absolute Gasteiger partial charge is 0.167 e. The van der Waals surface area contributed by atoms with Gasteiger partial charge in [-0.1, -0.05) is 12.1 Å². The zero-order valence-electron chi connectivity index (χ0n) is 5.57. The monoisotopic (exact) mass is 181 g/mol. The van der Waals surface area contributed by atoms with E-state index < -0.39 is 0 Å². The number of fused-ring (bicyclic) bond motifs is 1. The summed E-state index contributed by atoms with van der Waals surface area (Å²) in [5, 5.41) is 7.04. The summed E-state index contributed by atoms with van der Waals surface area (Å²) in [5.41, 5.74) is 0.993. The molecule has 0 aliphatic carbocycles. The van der Waals surface area contributed by atoms with E-state index in [4.69, 9.17) is 5.14 Å². The van der Waals surface area contributed by atoms with Crippen molar-refractivity contribution in [1.29, 1.82) is 0 Å². The van der Waals surface area contributed by atoms with Crippen molar-refractivity contribution in [1.82, 2.24) is 10.1 Å². The molecular weight excluding hydrogens is 176 g/mol. The van der Waals surface area contributed by atoms with Crippen LogP contribution in [-0.4, -0.2) is 4.98 Å². The van der Waals surface area contributed by atoms with Crippen molar-refractivity contribution in [3.8, 4) is 0 Å². The molecule has 0 bridgehead atoms. The zero-order valence-corrected chi connectivity index (χ0v) is 7.21. The van der Waals surface area contributed by atoms with Crippen molar-refractivity contribution in [3.05, 3.63) is 24.3 Å². The third-order valence-corrected chi connectivity index (χ3v) is 2.96. The summed E-state index contributed by atoms with van der Waals surface area (Å²) in [4.78, 5) is 4.23. The van der Waals surface area contributed by atoms with Crippen LogP contribution in [0.2, 0.25) is 0 Å². The van der Waals surface area contributed by atoms with Crippen LogP contribution in [0.25, 0.3) is 10.2 Å². The van der Waals surface area contributed by atoms with E-state index in [1.54, 1.807) is 11.3 Å². The lowest BCUT2D eigenvalue weighted by atomic mass is 10.3. The minimum Gasteiger partial charge on any atom is -0.228 e. The Labute approximate surface area is 72.6 Å². The van der Waals surface area contributed by atoms with Crippen LogP contribution < -0.4 is 5.14 Å². The Hall–Kier alpha value is -0.580. The highest BCUT2D eigenvalue weighted by Gasteiger charge is 2.00. The summed E-state index contributed by atoms with van der Waals surface area (Å²) in [6.07, 6.45) is 0. The maximum absolute atomic E-state index is 7.04. The lowest BCUT2D eigenvalue weighted by molar-refractivity contribution is 1.30. The van der Waals surface area contributed by atoms with E-state index in [9.17, 15) is 0 Å². The molecule has 1 N–H and O–H groups in total. The highest BCUT2D eigenvalue weighted by atomic mass is 32.2. The Balaban J connectivity index is 2.69. The second-order valence-electron chi connectivity index (χ2n) is 2.05. The second kappa shape index (κ2) is 2.81. The van der Waals surface area contributed by atoms with Crippen molar-refractivity contribution in [2.24, 2.45) is 0 Å². The fourth-order valence-electron chi connectivity index (χ4n) is 0.895. The second-order valence-corrected chi connectivity index (χ2v) is 3.93. The molecule has 0 spiro atoms. The summed E-state index contributed by atoms with van der Waals surface area (Å²) < 4.78 is 1.97. The maximum Gasteiger partial charge on any atom is 0.167 e. The molecule has 0 fully saturated rings. The molecule has 1 radical (unpaired) electrons. The molecule has 1 heterocycles. The third-order valence-electron chi connectivity index (χ3n) is 1.36. The van der Waals surface area contributed by atoms with Gasteiger partial charge in [-0.25, -0.2) is 4.98 Å². The first-order chi connectivity index (χ1) is 5.40. The number of thiazole rings is 1. The van der Waals surface area contributed by atoms with Crippen LogP contribution in [0.1, 0.15) is 0 Å². The molecule has 55 valence electrons. The predicted octanol–water partition coefficient (Wildman–Crippen LogP) is 2.59. The molecule has 0 saturated carbocycles. The SMILES string of the molecule is [NH]Sc1nc2ccccc2s1. The number of aromatic nitrogens is 1. The zero-order chi connectivity index (χ0) is 7.68. The number of hydrogen-bond donors (Lipinski definition) is 0. The van der Waals surface area contributed by atoms with E-state index in [0.717, 1.165) is 26.5 Å². The largest absolute Gasteiger partial charge is 0.228 e. The fourth-order valence-corrected chi connectivity index (χ4v) is 2.17. The number of rotatable bonds is 1. The van der Waals surface area contributed by atoms with Gasteiger partial charge < -0.3 is 0 Å². The van der Waals surface area contributed by atoms with Gasteiger partial charge in [-0.2, -0.15) is 5.14 Å². The molecule has 0 saturated heterocycles. The Morgan fingerprint density at radius 3 is 2.91 bits per heavy atom. The summed E-state index contributed by atoms with van der Waals surface area (Å²) in [7, 11) is 0. The van der Waals surface area contributed by atoms with E-state index in [-0.39, 0.29) is 0 Å². The minimum absolute atomic E-state index is 0.811. The maximum atomic E-state index is 7.04. The molecule has 0 aliphatic rings. The van der Waals surface area contributed by atoms with E-state index in [1.165, 1.54) is 0 Å². The highest BCUT2D eigenvalue weighted by molar-refractivity contribution is 7.98. The van der Waals surface area contributed by atoms with Crippen molar-refractivity contribution in [2.75, 3.05) is 0 Å². The summed E-state index contributed by atoms with van der Waals surface area (Å²) >= 11 is 2.51. The van der Waals surface area contributed by atoms with Gasteiger partial charge in [0.05, 0.1) is 10.2 Å². The van der Waals surface area contributed by atoms with Gasteiger partial charge in [0.1, 0.15) is 0 Å². The number of nitrogens with one attached hydrogen (secondary N) is 1. The average molecular weight is 181 g/mol. The van der Waals surface area contributed by atoms with Crippen LogP contribution in [-0.2, 0) is 0 Å². The van der Waals surface area contributed by atoms with Crippen LogP contribution >= 0.6 is 23.3 Å². The van der Waals surface area contributed by atoms with Crippen molar-refractivity contribution < 1.29 is 0 Å². The van der Waals surface area contributed by atoms with Crippen LogP contribution in [0.15, 0.2) is 28.6 Å². The van der Waals surface area contributed by atoms with E-state index in [2.05, 4.69) is 4.98 Å². The molecule has 1 aromatic carbocycles. The Kier molecular flexibility index (Phi) is 1.81. The van der Waals surface area contributed by atoms with Gasteiger partial charge in [0.15, 0.2) is 4.34 Å². The quantitative estimate of drug-likeness (QED) is 0.634. The van der Waals surface area contributed by atoms with Crippen molar-refractivity contribution in [3.63, 3.8) is 0 Å². The fraction of sp³-hybridized carbons (Fsp3) is 0. The molecule has 2 nitrogen and oxygen atoms in total. The van der Waals surface area contributed by atoms with Crippen LogP contribution in [0.5, 0.6) is 0 Å². The lowest BCUT2D eigenvalue weighted by Gasteiger charge is -1.80. The van der Waals surface area contributed by atoms with E-state index in [0.29, 0.717) is 0 Å². The molecule has 4 heteroatoms. The Morgan fingerprint density at radius 2 is 2.18 bits per heavy atom. The molecule has 2 rings (SSSR count). The van der Waals surface area contributed by atoms with Crippen LogP contribution in [0.4, 0.5) is 0 Å². The first-order valence-corrected chi connectivity index (χ1v) is 4.72. The van der Waals surface area contributed by atoms with Crippen molar-refractivity contribution in [2.45, 2.75) is 4.34 Å². The predicted molar refractivity (Wildman–Crippen MR) is 48.6 cm³/mol. The number of benzene rings is 1. The van der Waals surface area contributed by atoms with Gasteiger partial charge in [-0.05, 0) is 12.1 Å². The van der Waals surface area contributed by atoms with E-state index >= 15 is 0 Å². The Morgan fingerprint density at radius 1 is 1.36 bits per heavy atom. The summed E-state index contributed by atoms with van der Waals surface area (Å²) in [6.45, 7) is 0. The lowest BCUT2D eigenvalue weighted by Crippen LogP contribution is -1.66. The molecule has 0 unspecified atom stereocenters. The van der Waals surface area contributed by atoms with Gasteiger partial charge in [-0.3, -0.25) is 0 Å². The van der Waals surface area contributed by atoms with Crippen LogP contribution in [0, 0.1) is 0 Å². The number of para-hydroxylation sites is 1. The minimum atomic E-state index is 0.811. The van der Waals surface area contributed by atoms with Gasteiger partial charge in [0.25, 0.3) is 0 Å². The summed E-state index contributed by atoms with van der Waals surface area (Å²) in [6, 6.07) is 7.93. The first-order valence-electron chi connectivity index (χ1n) is 3.09. The third kappa shape index (κ3) is 1.24. The average Bonchev–Trinajstić information content (AvgIpc) is 2.46.